The molecule has 1 atom stereocenters. The van der Waals surface area contributed by atoms with Gasteiger partial charge in [0, 0.05) is 13.1 Å². The second-order valence-corrected chi connectivity index (χ2v) is 6.42. The molecule has 0 spiro atoms. The third kappa shape index (κ3) is 4.97. The lowest BCUT2D eigenvalue weighted by atomic mass is 9.89. The van der Waals surface area contributed by atoms with Crippen molar-refractivity contribution in [3.63, 3.8) is 0 Å². The van der Waals surface area contributed by atoms with Crippen molar-refractivity contribution >= 4 is 0 Å². The van der Waals surface area contributed by atoms with E-state index in [2.05, 4.69) is 24.1 Å². The third-order valence-corrected chi connectivity index (χ3v) is 4.54. The molecule has 2 rings (SSSR count). The summed E-state index contributed by atoms with van der Waals surface area (Å²) < 4.78 is 0. The topological polar surface area (TPSA) is 15.3 Å². The molecule has 0 bridgehead atoms. The van der Waals surface area contributed by atoms with Crippen molar-refractivity contribution in [1.29, 1.82) is 0 Å². The quantitative estimate of drug-likeness (QED) is 0.716. The van der Waals surface area contributed by atoms with Crippen LogP contribution < -0.4 is 5.32 Å². The van der Waals surface area contributed by atoms with Gasteiger partial charge in [-0.05, 0) is 69.5 Å². The van der Waals surface area contributed by atoms with Gasteiger partial charge in [-0.25, -0.2) is 0 Å². The van der Waals surface area contributed by atoms with E-state index in [1.165, 1.54) is 64.8 Å². The lowest BCUT2D eigenvalue weighted by Crippen LogP contribution is -2.33. The summed E-state index contributed by atoms with van der Waals surface area (Å²) in [7, 11) is 0. The van der Waals surface area contributed by atoms with Crippen LogP contribution in [0.5, 0.6) is 0 Å². The standard InChI is InChI=1S/C15H30N2/c1-13(2)15-4-3-9-17(10-7-15)11-8-16-12-14-5-6-14/h13-16H,3-12H2,1-2H3. The molecule has 17 heavy (non-hydrogen) atoms. The number of hydrogen-bond acceptors (Lipinski definition) is 2. The van der Waals surface area contributed by atoms with E-state index in [0.29, 0.717) is 0 Å². The Bertz CT molecular complexity index is 211. The molecule has 1 heterocycles. The SMILES string of the molecule is CC(C)C1CCCN(CCNCC2CC2)CC1. The number of likely N-dealkylation sites (tertiary alicyclic amines) is 1. The molecular weight excluding hydrogens is 208 g/mol. The van der Waals surface area contributed by atoms with Crippen molar-refractivity contribution in [2.45, 2.75) is 46.0 Å². The van der Waals surface area contributed by atoms with Crippen LogP contribution in [0.4, 0.5) is 0 Å². The maximum atomic E-state index is 3.61. The Kier molecular flexibility index (Phi) is 5.30. The van der Waals surface area contributed by atoms with Crippen LogP contribution in [0.2, 0.25) is 0 Å². The fraction of sp³-hybridized carbons (Fsp3) is 1.00. The molecule has 100 valence electrons. The summed E-state index contributed by atoms with van der Waals surface area (Å²) in [5.74, 6) is 2.87. The molecule has 0 radical (unpaired) electrons. The molecule has 2 aliphatic rings. The maximum absolute atomic E-state index is 3.61. The highest BCUT2D eigenvalue weighted by molar-refractivity contribution is 4.76. The molecule has 0 aromatic carbocycles. The number of nitrogens with one attached hydrogen (secondary N) is 1. The van der Waals surface area contributed by atoms with Gasteiger partial charge in [-0.2, -0.15) is 0 Å². The zero-order valence-electron chi connectivity index (χ0n) is 11.8. The lowest BCUT2D eigenvalue weighted by Gasteiger charge is -2.21. The van der Waals surface area contributed by atoms with Gasteiger partial charge in [0.2, 0.25) is 0 Å². The number of rotatable bonds is 6. The summed E-state index contributed by atoms with van der Waals surface area (Å²) in [5.41, 5.74) is 0. The van der Waals surface area contributed by atoms with E-state index >= 15 is 0 Å². The van der Waals surface area contributed by atoms with Crippen LogP contribution in [0, 0.1) is 17.8 Å². The van der Waals surface area contributed by atoms with Crippen LogP contribution in [-0.4, -0.2) is 37.6 Å². The highest BCUT2D eigenvalue weighted by Crippen LogP contribution is 2.27. The van der Waals surface area contributed by atoms with E-state index < -0.39 is 0 Å². The van der Waals surface area contributed by atoms with E-state index in [1.807, 2.05) is 0 Å². The summed E-state index contributed by atoms with van der Waals surface area (Å²) in [6.07, 6.45) is 7.20. The first-order valence-electron chi connectivity index (χ1n) is 7.69. The molecule has 0 aromatic rings. The van der Waals surface area contributed by atoms with Gasteiger partial charge < -0.3 is 10.2 Å². The number of nitrogens with zero attached hydrogens (tertiary/aromatic N) is 1. The fourth-order valence-corrected chi connectivity index (χ4v) is 2.94. The van der Waals surface area contributed by atoms with Gasteiger partial charge in [-0.3, -0.25) is 0 Å². The minimum atomic E-state index is 0.878. The van der Waals surface area contributed by atoms with Crippen LogP contribution in [0.3, 0.4) is 0 Å². The molecule has 1 saturated heterocycles. The van der Waals surface area contributed by atoms with Gasteiger partial charge in [-0.1, -0.05) is 13.8 Å². The van der Waals surface area contributed by atoms with Crippen LogP contribution in [-0.2, 0) is 0 Å². The Hall–Kier alpha value is -0.0800. The second-order valence-electron chi connectivity index (χ2n) is 6.42. The predicted molar refractivity (Wildman–Crippen MR) is 74.2 cm³/mol. The third-order valence-electron chi connectivity index (χ3n) is 4.54. The van der Waals surface area contributed by atoms with Gasteiger partial charge in [0.25, 0.3) is 0 Å². The van der Waals surface area contributed by atoms with Crippen molar-refractivity contribution < 1.29 is 0 Å². The van der Waals surface area contributed by atoms with Gasteiger partial charge >= 0.3 is 0 Å². The largest absolute Gasteiger partial charge is 0.315 e. The Labute approximate surface area is 107 Å². The first-order valence-corrected chi connectivity index (χ1v) is 7.69. The highest BCUT2D eigenvalue weighted by Gasteiger charge is 2.21. The molecule has 2 heteroatoms. The normalized spacial score (nSPS) is 27.4. The van der Waals surface area contributed by atoms with E-state index in [9.17, 15) is 0 Å². The van der Waals surface area contributed by atoms with Crippen LogP contribution in [0.1, 0.15) is 46.0 Å². The molecule has 0 amide bonds. The first kappa shape index (κ1) is 13.4. The van der Waals surface area contributed by atoms with E-state index in [4.69, 9.17) is 0 Å². The average molecular weight is 238 g/mol. The first-order chi connectivity index (χ1) is 8.25. The molecule has 1 saturated carbocycles. The monoisotopic (exact) mass is 238 g/mol. The van der Waals surface area contributed by atoms with Crippen LogP contribution >= 0.6 is 0 Å². The van der Waals surface area contributed by atoms with Gasteiger partial charge in [0.15, 0.2) is 0 Å². The van der Waals surface area contributed by atoms with Crippen molar-refractivity contribution in [2.75, 3.05) is 32.7 Å². The Morgan fingerprint density at radius 1 is 1.12 bits per heavy atom. The zero-order valence-corrected chi connectivity index (χ0v) is 11.8. The molecule has 0 aromatic heterocycles. The summed E-state index contributed by atoms with van der Waals surface area (Å²) in [5, 5.41) is 3.61. The zero-order chi connectivity index (χ0) is 12.1. The summed E-state index contributed by atoms with van der Waals surface area (Å²) in [4.78, 5) is 2.67. The Morgan fingerprint density at radius 3 is 2.65 bits per heavy atom. The average Bonchev–Trinajstić information content (AvgIpc) is 3.11. The molecular formula is C15H30N2. The van der Waals surface area contributed by atoms with E-state index in [1.54, 1.807) is 0 Å². The van der Waals surface area contributed by atoms with E-state index in [-0.39, 0.29) is 0 Å². The smallest absolute Gasteiger partial charge is 0.0107 e. The van der Waals surface area contributed by atoms with Crippen molar-refractivity contribution in [3.05, 3.63) is 0 Å². The van der Waals surface area contributed by atoms with Gasteiger partial charge in [-0.15, -0.1) is 0 Å². The minimum absolute atomic E-state index is 0.878. The van der Waals surface area contributed by atoms with Crippen LogP contribution in [0.15, 0.2) is 0 Å². The van der Waals surface area contributed by atoms with Crippen molar-refractivity contribution in [3.8, 4) is 0 Å². The van der Waals surface area contributed by atoms with Crippen LogP contribution in [0.25, 0.3) is 0 Å². The number of hydrogen-bond donors (Lipinski definition) is 1. The molecule has 2 nitrogen and oxygen atoms in total. The lowest BCUT2D eigenvalue weighted by molar-refractivity contribution is 0.271. The maximum Gasteiger partial charge on any atom is 0.0107 e. The van der Waals surface area contributed by atoms with E-state index in [0.717, 1.165) is 17.8 Å². The molecule has 1 N–H and O–H groups in total. The Balaban J connectivity index is 1.57. The fourth-order valence-electron chi connectivity index (χ4n) is 2.94. The van der Waals surface area contributed by atoms with Crippen molar-refractivity contribution in [1.82, 2.24) is 10.2 Å². The molecule has 1 unspecified atom stereocenters. The highest BCUT2D eigenvalue weighted by atomic mass is 15.1. The van der Waals surface area contributed by atoms with Gasteiger partial charge in [0.05, 0.1) is 0 Å². The minimum Gasteiger partial charge on any atom is -0.315 e. The predicted octanol–water partition coefficient (Wildman–Crippen LogP) is 2.74. The second kappa shape index (κ2) is 6.75. The summed E-state index contributed by atoms with van der Waals surface area (Å²) in [6.45, 7) is 11.2. The molecule has 1 aliphatic heterocycles. The van der Waals surface area contributed by atoms with Crippen molar-refractivity contribution in [2.24, 2.45) is 17.8 Å². The van der Waals surface area contributed by atoms with Gasteiger partial charge in [0.1, 0.15) is 0 Å². The summed E-state index contributed by atoms with van der Waals surface area (Å²) >= 11 is 0. The Morgan fingerprint density at radius 2 is 1.94 bits per heavy atom. The summed E-state index contributed by atoms with van der Waals surface area (Å²) in [6, 6.07) is 0. The molecule has 1 aliphatic carbocycles. The molecule has 2 fully saturated rings.